The standard InChI is InChI=1S/C36H20N2O4/c39-33-25-19-26-28(38(22-13-5-2-6-14-22)32-24-16-8-10-18-30(24)42-36(32)34(26)40)20-27(25)37(21-11-3-1-4-12-21)31-23-15-7-9-17-29(23)41-35(31)33/h1-20H. The van der Waals surface area contributed by atoms with Crippen LogP contribution >= 0.6 is 0 Å². The minimum absolute atomic E-state index is 0.250. The smallest absolute Gasteiger partial charge is 0.232 e. The Morgan fingerprint density at radius 1 is 0.429 bits per heavy atom. The Balaban J connectivity index is 1.59. The van der Waals surface area contributed by atoms with Crippen molar-refractivity contribution in [2.24, 2.45) is 0 Å². The van der Waals surface area contributed by atoms with E-state index < -0.39 is 0 Å². The third kappa shape index (κ3) is 2.98. The number of nitrogens with zero attached hydrogens (tertiary/aromatic N) is 2. The van der Waals surface area contributed by atoms with Crippen LogP contribution in [-0.4, -0.2) is 9.13 Å². The van der Waals surface area contributed by atoms with Crippen LogP contribution in [0.25, 0.3) is 77.3 Å². The van der Waals surface area contributed by atoms with Crippen LogP contribution in [0.2, 0.25) is 0 Å². The fourth-order valence-electron chi connectivity index (χ4n) is 6.30. The fourth-order valence-corrected chi connectivity index (χ4v) is 6.30. The molecule has 42 heavy (non-hydrogen) atoms. The van der Waals surface area contributed by atoms with E-state index in [4.69, 9.17) is 8.83 Å². The van der Waals surface area contributed by atoms with Crippen molar-refractivity contribution < 1.29 is 8.83 Å². The molecule has 0 aliphatic rings. The first-order valence-corrected chi connectivity index (χ1v) is 13.7. The minimum Gasteiger partial charge on any atom is -0.450 e. The number of fused-ring (bicyclic) bond motifs is 8. The average molecular weight is 545 g/mol. The second-order valence-corrected chi connectivity index (χ2v) is 10.4. The molecule has 0 N–H and O–H groups in total. The van der Waals surface area contributed by atoms with E-state index in [1.165, 1.54) is 0 Å². The molecule has 0 amide bonds. The Kier molecular flexibility index (Phi) is 4.53. The maximum Gasteiger partial charge on any atom is 0.232 e. The molecule has 0 fully saturated rings. The summed E-state index contributed by atoms with van der Waals surface area (Å²) >= 11 is 0. The van der Waals surface area contributed by atoms with E-state index in [0.29, 0.717) is 44.0 Å². The van der Waals surface area contributed by atoms with Gasteiger partial charge >= 0.3 is 0 Å². The van der Waals surface area contributed by atoms with Crippen LogP contribution in [0.4, 0.5) is 0 Å². The van der Waals surface area contributed by atoms with Gasteiger partial charge < -0.3 is 18.0 Å². The van der Waals surface area contributed by atoms with Crippen LogP contribution in [0.1, 0.15) is 0 Å². The first kappa shape index (κ1) is 22.9. The zero-order valence-corrected chi connectivity index (χ0v) is 22.1. The summed E-state index contributed by atoms with van der Waals surface area (Å²) in [6, 6.07) is 38.8. The zero-order chi connectivity index (χ0) is 27.9. The van der Waals surface area contributed by atoms with Gasteiger partial charge in [0.25, 0.3) is 0 Å². The Bertz CT molecular complexity index is 2480. The zero-order valence-electron chi connectivity index (χ0n) is 22.1. The predicted octanol–water partition coefficient (Wildman–Crippen LogP) is 8.09. The van der Waals surface area contributed by atoms with Crippen molar-refractivity contribution in [3.05, 3.63) is 142 Å². The number of hydrogen-bond donors (Lipinski definition) is 0. The number of rotatable bonds is 2. The topological polar surface area (TPSA) is 70.3 Å². The number of furan rings is 2. The molecule has 0 bridgehead atoms. The van der Waals surface area contributed by atoms with Gasteiger partial charge in [-0.25, -0.2) is 0 Å². The molecule has 0 unspecified atom stereocenters. The average Bonchev–Trinajstić information content (AvgIpc) is 3.62. The highest BCUT2D eigenvalue weighted by molar-refractivity contribution is 6.12. The molecule has 9 rings (SSSR count). The predicted molar refractivity (Wildman–Crippen MR) is 167 cm³/mol. The first-order valence-electron chi connectivity index (χ1n) is 13.7. The summed E-state index contributed by atoms with van der Waals surface area (Å²) in [4.78, 5) is 28.2. The van der Waals surface area contributed by atoms with E-state index in [1.54, 1.807) is 6.07 Å². The van der Waals surface area contributed by atoms with E-state index in [1.807, 2.05) is 115 Å². The molecular weight excluding hydrogens is 524 g/mol. The van der Waals surface area contributed by atoms with Crippen LogP contribution in [0.3, 0.4) is 0 Å². The molecule has 0 aliphatic carbocycles. The molecule has 6 heteroatoms. The second-order valence-electron chi connectivity index (χ2n) is 10.4. The van der Waals surface area contributed by atoms with Gasteiger partial charge in [-0.3, -0.25) is 9.59 Å². The molecule has 0 saturated heterocycles. The largest absolute Gasteiger partial charge is 0.450 e. The highest BCUT2D eigenvalue weighted by Crippen LogP contribution is 2.36. The molecule has 0 saturated carbocycles. The lowest BCUT2D eigenvalue weighted by Crippen LogP contribution is -2.13. The maximum atomic E-state index is 14.1. The lowest BCUT2D eigenvalue weighted by molar-refractivity contribution is 0.665. The van der Waals surface area contributed by atoms with Gasteiger partial charge in [0.2, 0.25) is 10.9 Å². The molecule has 0 atom stereocenters. The van der Waals surface area contributed by atoms with Crippen molar-refractivity contribution in [1.29, 1.82) is 0 Å². The SMILES string of the molecule is O=c1c2cc3c(=O)c4oc5ccccc5c4n(-c4ccccc4)c3cc2n(-c2ccccc2)c2c1oc1ccccc12. The van der Waals surface area contributed by atoms with Crippen LogP contribution in [-0.2, 0) is 0 Å². The Hall–Kier alpha value is -5.88. The van der Waals surface area contributed by atoms with Gasteiger partial charge in [0.1, 0.15) is 22.2 Å². The fraction of sp³-hybridized carbons (Fsp3) is 0. The molecular formula is C36H20N2O4. The van der Waals surface area contributed by atoms with Crippen molar-refractivity contribution in [2.75, 3.05) is 0 Å². The lowest BCUT2D eigenvalue weighted by Gasteiger charge is -2.17. The van der Waals surface area contributed by atoms with E-state index in [0.717, 1.165) is 22.1 Å². The summed E-state index contributed by atoms with van der Waals surface area (Å²) in [5.74, 6) is 0. The second kappa shape index (κ2) is 8.32. The van der Waals surface area contributed by atoms with E-state index in [-0.39, 0.29) is 22.0 Å². The molecule has 9 aromatic rings. The molecule has 0 spiro atoms. The van der Waals surface area contributed by atoms with Crippen molar-refractivity contribution >= 4 is 65.9 Å². The summed E-state index contributed by atoms with van der Waals surface area (Å²) in [7, 11) is 0. The van der Waals surface area contributed by atoms with Crippen LogP contribution in [0.5, 0.6) is 0 Å². The number of pyridine rings is 2. The van der Waals surface area contributed by atoms with Gasteiger partial charge in [-0.05, 0) is 60.7 Å². The Morgan fingerprint density at radius 3 is 1.29 bits per heavy atom. The lowest BCUT2D eigenvalue weighted by atomic mass is 10.1. The summed E-state index contributed by atoms with van der Waals surface area (Å²) in [6.07, 6.45) is 0. The number of aromatic nitrogens is 2. The van der Waals surface area contributed by atoms with Crippen molar-refractivity contribution in [1.82, 2.24) is 9.13 Å². The van der Waals surface area contributed by atoms with Gasteiger partial charge in [0.15, 0.2) is 11.2 Å². The van der Waals surface area contributed by atoms with E-state index >= 15 is 0 Å². The third-order valence-electron chi connectivity index (χ3n) is 8.11. The van der Waals surface area contributed by atoms with Crippen LogP contribution in [0, 0.1) is 0 Å². The maximum absolute atomic E-state index is 14.1. The third-order valence-corrected chi connectivity index (χ3v) is 8.11. The molecule has 0 radical (unpaired) electrons. The highest BCUT2D eigenvalue weighted by atomic mass is 16.3. The van der Waals surface area contributed by atoms with Gasteiger partial charge in [-0.2, -0.15) is 0 Å². The van der Waals surface area contributed by atoms with Gasteiger partial charge in [0, 0.05) is 22.1 Å². The molecule has 4 aromatic heterocycles. The highest BCUT2D eigenvalue weighted by Gasteiger charge is 2.23. The van der Waals surface area contributed by atoms with Crippen molar-refractivity contribution in [3.8, 4) is 11.4 Å². The van der Waals surface area contributed by atoms with E-state index in [9.17, 15) is 9.59 Å². The number of benzene rings is 5. The summed E-state index contributed by atoms with van der Waals surface area (Å²) < 4.78 is 16.5. The van der Waals surface area contributed by atoms with Crippen molar-refractivity contribution in [3.63, 3.8) is 0 Å². The van der Waals surface area contributed by atoms with E-state index in [2.05, 4.69) is 9.13 Å². The molecule has 5 aromatic carbocycles. The first-order chi connectivity index (χ1) is 20.7. The molecule has 198 valence electrons. The van der Waals surface area contributed by atoms with Gasteiger partial charge in [-0.1, -0.05) is 60.7 Å². The minimum atomic E-state index is -0.263. The van der Waals surface area contributed by atoms with Gasteiger partial charge in [-0.15, -0.1) is 0 Å². The van der Waals surface area contributed by atoms with Crippen LogP contribution < -0.4 is 10.9 Å². The van der Waals surface area contributed by atoms with Gasteiger partial charge in [0.05, 0.1) is 21.8 Å². The molecule has 0 aliphatic heterocycles. The summed E-state index contributed by atoms with van der Waals surface area (Å²) in [5.41, 5.74) is 5.71. The van der Waals surface area contributed by atoms with Crippen molar-refractivity contribution in [2.45, 2.75) is 0 Å². The quantitative estimate of drug-likeness (QED) is 0.206. The molecule has 4 heterocycles. The Labute approximate surface area is 236 Å². The molecule has 6 nitrogen and oxygen atoms in total. The summed E-state index contributed by atoms with van der Waals surface area (Å²) in [5, 5.41) is 2.47. The summed E-state index contributed by atoms with van der Waals surface area (Å²) in [6.45, 7) is 0. The Morgan fingerprint density at radius 2 is 0.833 bits per heavy atom. The normalized spacial score (nSPS) is 12.0. The monoisotopic (exact) mass is 544 g/mol. The number of para-hydroxylation sites is 4. The number of hydrogen-bond acceptors (Lipinski definition) is 4. The van der Waals surface area contributed by atoms with Crippen LogP contribution in [0.15, 0.2) is 140 Å².